The van der Waals surface area contributed by atoms with Crippen LogP contribution in [0, 0.1) is 5.82 Å². The number of benzene rings is 2. The van der Waals surface area contributed by atoms with E-state index in [1.165, 1.54) is 11.8 Å². The first kappa shape index (κ1) is 17.7. The van der Waals surface area contributed by atoms with Gasteiger partial charge in [-0.15, -0.1) is 10.2 Å². The van der Waals surface area contributed by atoms with Crippen LogP contribution in [0.3, 0.4) is 0 Å². The van der Waals surface area contributed by atoms with Gasteiger partial charge in [-0.2, -0.15) is 0 Å². The number of hydrogen-bond acceptors (Lipinski definition) is 5. The molecule has 0 saturated carbocycles. The average molecular weight is 399 g/mol. The molecule has 130 valence electrons. The number of hydrogen-bond donors (Lipinski definition) is 1. The van der Waals surface area contributed by atoms with Crippen molar-refractivity contribution in [3.8, 4) is 0 Å². The van der Waals surface area contributed by atoms with Crippen LogP contribution in [-0.4, -0.2) is 23.2 Å². The Hall–Kier alpha value is -2.10. The number of nitrogens with one attached hydrogen (secondary N) is 1. The molecule has 1 N–H and O–H groups in total. The molecule has 2 aromatic carbocycles. The minimum atomic E-state index is -3.92. The van der Waals surface area contributed by atoms with Crippen molar-refractivity contribution < 1.29 is 12.8 Å². The van der Waals surface area contributed by atoms with Crippen molar-refractivity contribution >= 4 is 39.1 Å². The number of nitrogens with zero attached hydrogens (tertiary/aromatic N) is 3. The van der Waals surface area contributed by atoms with Crippen LogP contribution in [0.1, 0.15) is 0 Å². The zero-order valence-electron chi connectivity index (χ0n) is 12.8. The van der Waals surface area contributed by atoms with Gasteiger partial charge in [0.2, 0.25) is 0 Å². The van der Waals surface area contributed by atoms with Gasteiger partial charge in [0, 0.05) is 11.9 Å². The highest BCUT2D eigenvalue weighted by Crippen LogP contribution is 2.33. The van der Waals surface area contributed by atoms with E-state index in [1.807, 2.05) is 0 Å². The maximum absolute atomic E-state index is 13.3. The first-order chi connectivity index (χ1) is 11.9. The molecule has 0 aliphatic rings. The number of aromatic nitrogens is 3. The van der Waals surface area contributed by atoms with E-state index in [9.17, 15) is 12.8 Å². The first-order valence-electron chi connectivity index (χ1n) is 6.95. The van der Waals surface area contributed by atoms with Crippen molar-refractivity contribution in [1.29, 1.82) is 0 Å². The number of aryl methyl sites for hydroxylation is 1. The summed E-state index contributed by atoms with van der Waals surface area (Å²) in [6.45, 7) is 0. The van der Waals surface area contributed by atoms with E-state index < -0.39 is 15.8 Å². The monoisotopic (exact) mass is 398 g/mol. The molecule has 0 saturated heterocycles. The van der Waals surface area contributed by atoms with Crippen LogP contribution < -0.4 is 4.72 Å². The summed E-state index contributed by atoms with van der Waals surface area (Å²) >= 11 is 6.94. The molecule has 0 amide bonds. The van der Waals surface area contributed by atoms with E-state index in [4.69, 9.17) is 11.6 Å². The second-order valence-corrected chi connectivity index (χ2v) is 8.10. The standard InChI is InChI=1S/C15H12ClFN4O2S2/c1-21-9-18-19-15(21)24-14-5-3-2-4-13(14)20-25(22,23)10-6-7-12(17)11(16)8-10/h2-9,20H,1H3. The van der Waals surface area contributed by atoms with Gasteiger partial charge >= 0.3 is 0 Å². The van der Waals surface area contributed by atoms with E-state index in [1.54, 1.807) is 42.2 Å². The number of sulfonamides is 1. The zero-order chi connectivity index (χ0) is 18.0. The third-order valence-corrected chi connectivity index (χ3v) is 5.98. The molecular formula is C15H12ClFN4O2S2. The lowest BCUT2D eigenvalue weighted by Crippen LogP contribution is -2.13. The Morgan fingerprint density at radius 1 is 1.24 bits per heavy atom. The van der Waals surface area contributed by atoms with E-state index >= 15 is 0 Å². The molecule has 0 aliphatic carbocycles. The summed E-state index contributed by atoms with van der Waals surface area (Å²) in [5.74, 6) is -0.682. The fourth-order valence-electron chi connectivity index (χ4n) is 1.95. The molecule has 0 bridgehead atoms. The molecule has 25 heavy (non-hydrogen) atoms. The predicted molar refractivity (Wildman–Crippen MR) is 93.8 cm³/mol. The van der Waals surface area contributed by atoms with Crippen molar-refractivity contribution in [2.24, 2.45) is 7.05 Å². The van der Waals surface area contributed by atoms with Crippen LogP contribution in [0.5, 0.6) is 0 Å². The maximum Gasteiger partial charge on any atom is 0.261 e. The lowest BCUT2D eigenvalue weighted by atomic mass is 10.3. The fraction of sp³-hybridized carbons (Fsp3) is 0.0667. The third-order valence-electron chi connectivity index (χ3n) is 3.20. The van der Waals surface area contributed by atoms with Crippen LogP contribution in [0.2, 0.25) is 5.02 Å². The predicted octanol–water partition coefficient (Wildman–Crippen LogP) is 3.56. The smallest absolute Gasteiger partial charge is 0.261 e. The molecule has 6 nitrogen and oxygen atoms in total. The van der Waals surface area contributed by atoms with E-state index in [-0.39, 0.29) is 9.92 Å². The van der Waals surface area contributed by atoms with Gasteiger partial charge in [0.05, 0.1) is 15.6 Å². The van der Waals surface area contributed by atoms with Gasteiger partial charge in [-0.1, -0.05) is 23.7 Å². The Labute approximate surface area is 153 Å². The highest BCUT2D eigenvalue weighted by atomic mass is 35.5. The minimum absolute atomic E-state index is 0.127. The molecule has 1 heterocycles. The van der Waals surface area contributed by atoms with Crippen molar-refractivity contribution in [3.05, 3.63) is 59.6 Å². The van der Waals surface area contributed by atoms with Crippen LogP contribution in [-0.2, 0) is 17.1 Å². The molecule has 0 spiro atoms. The van der Waals surface area contributed by atoms with E-state index in [2.05, 4.69) is 14.9 Å². The largest absolute Gasteiger partial charge is 0.311 e. The fourth-order valence-corrected chi connectivity index (χ4v) is 4.22. The van der Waals surface area contributed by atoms with Crippen LogP contribution >= 0.6 is 23.4 Å². The molecule has 0 unspecified atom stereocenters. The molecule has 0 atom stereocenters. The Balaban J connectivity index is 1.92. The molecule has 1 aromatic heterocycles. The highest BCUT2D eigenvalue weighted by molar-refractivity contribution is 7.99. The number of anilines is 1. The SMILES string of the molecule is Cn1cnnc1Sc1ccccc1NS(=O)(=O)c1ccc(F)c(Cl)c1. The van der Waals surface area contributed by atoms with Gasteiger partial charge in [-0.05, 0) is 42.1 Å². The Bertz CT molecular complexity index is 1020. The number of rotatable bonds is 5. The van der Waals surface area contributed by atoms with Gasteiger partial charge in [0.15, 0.2) is 5.16 Å². The molecule has 0 radical (unpaired) electrons. The lowest BCUT2D eigenvalue weighted by molar-refractivity contribution is 0.599. The highest BCUT2D eigenvalue weighted by Gasteiger charge is 2.18. The molecule has 3 rings (SSSR count). The number of para-hydroxylation sites is 1. The topological polar surface area (TPSA) is 76.9 Å². The second-order valence-electron chi connectivity index (χ2n) is 5.00. The maximum atomic E-state index is 13.3. The normalized spacial score (nSPS) is 11.5. The molecule has 3 aromatic rings. The quantitative estimate of drug-likeness (QED) is 0.711. The second kappa shape index (κ2) is 7.03. The van der Waals surface area contributed by atoms with Gasteiger partial charge in [-0.3, -0.25) is 4.72 Å². The molecular weight excluding hydrogens is 387 g/mol. The summed E-state index contributed by atoms with van der Waals surface area (Å²) in [6.07, 6.45) is 1.55. The summed E-state index contributed by atoms with van der Waals surface area (Å²) in [5, 5.41) is 8.11. The Kier molecular flexibility index (Phi) is 4.98. The zero-order valence-corrected chi connectivity index (χ0v) is 15.2. The first-order valence-corrected chi connectivity index (χ1v) is 9.63. The van der Waals surface area contributed by atoms with E-state index in [0.29, 0.717) is 15.7 Å². The van der Waals surface area contributed by atoms with Crippen molar-refractivity contribution in [2.45, 2.75) is 14.9 Å². The van der Waals surface area contributed by atoms with Crippen LogP contribution in [0.4, 0.5) is 10.1 Å². The van der Waals surface area contributed by atoms with Crippen molar-refractivity contribution in [1.82, 2.24) is 14.8 Å². The van der Waals surface area contributed by atoms with Crippen LogP contribution in [0.15, 0.2) is 63.7 Å². The Morgan fingerprint density at radius 3 is 2.68 bits per heavy atom. The molecule has 0 fully saturated rings. The van der Waals surface area contributed by atoms with Gasteiger partial charge in [0.1, 0.15) is 12.1 Å². The Morgan fingerprint density at radius 2 is 2.00 bits per heavy atom. The summed E-state index contributed by atoms with van der Waals surface area (Å²) < 4.78 is 42.6. The molecule has 0 aliphatic heterocycles. The van der Waals surface area contributed by atoms with Crippen molar-refractivity contribution in [2.75, 3.05) is 4.72 Å². The van der Waals surface area contributed by atoms with Crippen molar-refractivity contribution in [3.63, 3.8) is 0 Å². The number of halogens is 2. The molecule has 10 heteroatoms. The minimum Gasteiger partial charge on any atom is -0.311 e. The lowest BCUT2D eigenvalue weighted by Gasteiger charge is -2.12. The summed E-state index contributed by atoms with van der Waals surface area (Å²) in [7, 11) is -2.13. The summed E-state index contributed by atoms with van der Waals surface area (Å²) in [6, 6.07) is 10.1. The van der Waals surface area contributed by atoms with Gasteiger partial charge in [-0.25, -0.2) is 12.8 Å². The van der Waals surface area contributed by atoms with Crippen LogP contribution in [0.25, 0.3) is 0 Å². The average Bonchev–Trinajstić information content (AvgIpc) is 2.96. The van der Waals surface area contributed by atoms with Gasteiger partial charge < -0.3 is 4.57 Å². The van der Waals surface area contributed by atoms with E-state index in [0.717, 1.165) is 18.2 Å². The van der Waals surface area contributed by atoms with Gasteiger partial charge in [0.25, 0.3) is 10.0 Å². The summed E-state index contributed by atoms with van der Waals surface area (Å²) in [4.78, 5) is 0.521. The third kappa shape index (κ3) is 3.94. The summed E-state index contributed by atoms with van der Waals surface area (Å²) in [5.41, 5.74) is 0.371.